The summed E-state index contributed by atoms with van der Waals surface area (Å²) < 4.78 is 4.60. The van der Waals surface area contributed by atoms with Gasteiger partial charge in [-0.1, -0.05) is 30.3 Å². The highest BCUT2D eigenvalue weighted by atomic mass is 16.5. The maximum absolute atomic E-state index is 11.9. The van der Waals surface area contributed by atoms with Crippen LogP contribution in [0.4, 0.5) is 0 Å². The van der Waals surface area contributed by atoms with Crippen LogP contribution in [0.25, 0.3) is 0 Å². The first-order valence-electron chi connectivity index (χ1n) is 5.38. The van der Waals surface area contributed by atoms with Crippen LogP contribution in [0.3, 0.4) is 0 Å². The van der Waals surface area contributed by atoms with Crippen molar-refractivity contribution in [1.82, 2.24) is 10.4 Å². The maximum atomic E-state index is 11.9. The summed E-state index contributed by atoms with van der Waals surface area (Å²) in [7, 11) is 4.69. The molecule has 0 atom stereocenters. The standard InChI is InChI=1S/C13H16N2O3/c1-15(2)14-11(13(17)18-3)9-12(16)10-7-5-4-6-8-10/h4-9,14H,1-3H3/b11-9+. The lowest BCUT2D eigenvalue weighted by molar-refractivity contribution is -0.137. The van der Waals surface area contributed by atoms with Crippen LogP contribution in [0.5, 0.6) is 0 Å². The Morgan fingerprint density at radius 3 is 2.33 bits per heavy atom. The molecule has 18 heavy (non-hydrogen) atoms. The van der Waals surface area contributed by atoms with E-state index in [1.807, 2.05) is 6.07 Å². The normalized spacial score (nSPS) is 11.2. The zero-order valence-corrected chi connectivity index (χ0v) is 10.6. The molecule has 0 heterocycles. The number of carbonyl (C=O) groups excluding carboxylic acids is 2. The molecule has 0 fully saturated rings. The Balaban J connectivity index is 2.94. The number of carbonyl (C=O) groups is 2. The van der Waals surface area contributed by atoms with Gasteiger partial charge in [-0.15, -0.1) is 0 Å². The van der Waals surface area contributed by atoms with Gasteiger partial charge in [-0.3, -0.25) is 4.79 Å². The van der Waals surface area contributed by atoms with Gasteiger partial charge in [0.05, 0.1) is 7.11 Å². The summed E-state index contributed by atoms with van der Waals surface area (Å²) in [6.07, 6.45) is 1.22. The van der Waals surface area contributed by atoms with Crippen LogP contribution in [0, 0.1) is 0 Å². The number of rotatable bonds is 5. The van der Waals surface area contributed by atoms with E-state index in [9.17, 15) is 9.59 Å². The van der Waals surface area contributed by atoms with E-state index in [2.05, 4.69) is 10.2 Å². The second kappa shape index (κ2) is 6.56. The van der Waals surface area contributed by atoms with Crippen LogP contribution >= 0.6 is 0 Å². The van der Waals surface area contributed by atoms with Crippen LogP contribution in [-0.2, 0) is 9.53 Å². The Morgan fingerprint density at radius 1 is 1.22 bits per heavy atom. The Hall–Kier alpha value is -2.14. The van der Waals surface area contributed by atoms with Crippen LogP contribution in [-0.4, -0.2) is 38.0 Å². The van der Waals surface area contributed by atoms with Crippen LogP contribution < -0.4 is 5.43 Å². The molecular weight excluding hydrogens is 232 g/mol. The van der Waals surface area contributed by atoms with E-state index in [-0.39, 0.29) is 11.5 Å². The molecule has 0 aliphatic rings. The first-order chi connectivity index (χ1) is 8.54. The summed E-state index contributed by atoms with van der Waals surface area (Å²) in [5, 5.41) is 1.56. The number of methoxy groups -OCH3 is 1. The molecular formula is C13H16N2O3. The molecule has 1 aromatic rings. The van der Waals surface area contributed by atoms with Gasteiger partial charge in [0.15, 0.2) is 5.78 Å². The number of hydrazine groups is 1. The molecule has 5 nitrogen and oxygen atoms in total. The van der Waals surface area contributed by atoms with E-state index >= 15 is 0 Å². The fourth-order valence-corrected chi connectivity index (χ4v) is 1.30. The highest BCUT2D eigenvalue weighted by molar-refractivity contribution is 6.08. The van der Waals surface area contributed by atoms with Gasteiger partial charge in [0, 0.05) is 25.7 Å². The van der Waals surface area contributed by atoms with Gasteiger partial charge in [0.25, 0.3) is 0 Å². The molecule has 5 heteroatoms. The predicted octanol–water partition coefficient (Wildman–Crippen LogP) is 0.992. The summed E-state index contributed by atoms with van der Waals surface area (Å²) in [6, 6.07) is 8.71. The fraction of sp³-hybridized carbons (Fsp3) is 0.231. The number of benzene rings is 1. The quantitative estimate of drug-likeness (QED) is 0.364. The minimum Gasteiger partial charge on any atom is -0.464 e. The first kappa shape index (κ1) is 13.9. The topological polar surface area (TPSA) is 58.6 Å². The minimum atomic E-state index is -0.590. The van der Waals surface area contributed by atoms with Crippen molar-refractivity contribution in [2.45, 2.75) is 0 Å². The largest absolute Gasteiger partial charge is 0.464 e. The van der Waals surface area contributed by atoms with E-state index in [1.54, 1.807) is 43.4 Å². The molecule has 0 aliphatic heterocycles. The number of hydrogen-bond donors (Lipinski definition) is 1. The molecule has 0 aromatic heterocycles. The number of ketones is 1. The zero-order valence-electron chi connectivity index (χ0n) is 10.6. The average molecular weight is 248 g/mol. The molecule has 1 N–H and O–H groups in total. The second-order valence-electron chi connectivity index (χ2n) is 3.79. The highest BCUT2D eigenvalue weighted by Gasteiger charge is 2.13. The summed E-state index contributed by atoms with van der Waals surface area (Å²) in [5.41, 5.74) is 3.34. The van der Waals surface area contributed by atoms with Crippen molar-refractivity contribution >= 4 is 11.8 Å². The van der Waals surface area contributed by atoms with Crippen molar-refractivity contribution in [2.24, 2.45) is 0 Å². The summed E-state index contributed by atoms with van der Waals surface area (Å²) in [4.78, 5) is 23.4. The Bertz CT molecular complexity index is 453. The lowest BCUT2D eigenvalue weighted by Gasteiger charge is -2.14. The van der Waals surface area contributed by atoms with Crippen molar-refractivity contribution in [2.75, 3.05) is 21.2 Å². The lowest BCUT2D eigenvalue weighted by Crippen LogP contribution is -2.34. The van der Waals surface area contributed by atoms with Crippen molar-refractivity contribution in [3.8, 4) is 0 Å². The Labute approximate surface area is 106 Å². The molecule has 0 saturated carbocycles. The number of nitrogens with one attached hydrogen (secondary N) is 1. The molecule has 0 spiro atoms. The van der Waals surface area contributed by atoms with E-state index in [1.165, 1.54) is 13.2 Å². The Kier molecular flexibility index (Phi) is 5.07. The molecule has 0 aliphatic carbocycles. The lowest BCUT2D eigenvalue weighted by atomic mass is 10.1. The molecule has 96 valence electrons. The van der Waals surface area contributed by atoms with Crippen molar-refractivity contribution < 1.29 is 14.3 Å². The summed E-state index contributed by atoms with van der Waals surface area (Å²) in [5.74, 6) is -0.849. The molecule has 0 bridgehead atoms. The summed E-state index contributed by atoms with van der Waals surface area (Å²) >= 11 is 0. The van der Waals surface area contributed by atoms with E-state index in [0.29, 0.717) is 5.56 Å². The van der Waals surface area contributed by atoms with Gasteiger partial charge in [-0.2, -0.15) is 0 Å². The van der Waals surface area contributed by atoms with Gasteiger partial charge in [-0.25, -0.2) is 9.80 Å². The monoisotopic (exact) mass is 248 g/mol. The van der Waals surface area contributed by atoms with Crippen molar-refractivity contribution in [3.05, 3.63) is 47.7 Å². The maximum Gasteiger partial charge on any atom is 0.355 e. The number of esters is 1. The SMILES string of the molecule is COC(=O)/C(=C\C(=O)c1ccccc1)NN(C)C. The van der Waals surface area contributed by atoms with E-state index < -0.39 is 5.97 Å². The highest BCUT2D eigenvalue weighted by Crippen LogP contribution is 2.03. The second-order valence-corrected chi connectivity index (χ2v) is 3.79. The average Bonchev–Trinajstić information content (AvgIpc) is 2.37. The number of allylic oxidation sites excluding steroid dienone is 1. The zero-order chi connectivity index (χ0) is 13.5. The van der Waals surface area contributed by atoms with Gasteiger partial charge in [0.2, 0.25) is 0 Å². The van der Waals surface area contributed by atoms with Crippen LogP contribution in [0.2, 0.25) is 0 Å². The number of ether oxygens (including phenoxy) is 1. The summed E-state index contributed by atoms with van der Waals surface area (Å²) in [6.45, 7) is 0. The Morgan fingerprint density at radius 2 is 1.83 bits per heavy atom. The van der Waals surface area contributed by atoms with Crippen molar-refractivity contribution in [3.63, 3.8) is 0 Å². The first-order valence-corrected chi connectivity index (χ1v) is 5.38. The molecule has 1 rings (SSSR count). The molecule has 0 saturated heterocycles. The fourth-order valence-electron chi connectivity index (χ4n) is 1.30. The van der Waals surface area contributed by atoms with E-state index in [4.69, 9.17) is 0 Å². The molecule has 0 unspecified atom stereocenters. The van der Waals surface area contributed by atoms with Crippen LogP contribution in [0.1, 0.15) is 10.4 Å². The predicted molar refractivity (Wildman–Crippen MR) is 67.7 cm³/mol. The molecule has 0 radical (unpaired) electrons. The third-order valence-corrected chi connectivity index (χ3v) is 2.08. The van der Waals surface area contributed by atoms with Gasteiger partial charge in [0.1, 0.15) is 5.70 Å². The van der Waals surface area contributed by atoms with Crippen LogP contribution in [0.15, 0.2) is 42.1 Å². The smallest absolute Gasteiger partial charge is 0.355 e. The number of nitrogens with zero attached hydrogens (tertiary/aromatic N) is 1. The van der Waals surface area contributed by atoms with E-state index in [0.717, 1.165) is 0 Å². The van der Waals surface area contributed by atoms with Gasteiger partial charge in [-0.05, 0) is 0 Å². The molecule has 0 amide bonds. The van der Waals surface area contributed by atoms with Gasteiger partial charge >= 0.3 is 5.97 Å². The molecule has 1 aromatic carbocycles. The number of hydrogen-bond acceptors (Lipinski definition) is 5. The van der Waals surface area contributed by atoms with Crippen molar-refractivity contribution in [1.29, 1.82) is 0 Å². The third kappa shape index (κ3) is 4.03. The minimum absolute atomic E-state index is 0.0938. The third-order valence-electron chi connectivity index (χ3n) is 2.08. The van der Waals surface area contributed by atoms with Gasteiger partial charge < -0.3 is 10.2 Å².